The van der Waals surface area contributed by atoms with E-state index in [1.807, 2.05) is 13.1 Å². The summed E-state index contributed by atoms with van der Waals surface area (Å²) in [4.78, 5) is 69.9. The molecular formula is C43H53N3O14. The maximum absolute atomic E-state index is 14.0. The average molecular weight is 836 g/mol. The van der Waals surface area contributed by atoms with Gasteiger partial charge in [-0.1, -0.05) is 18.2 Å². The molecule has 60 heavy (non-hydrogen) atoms. The molecule has 2 fully saturated rings. The molecule has 2 aliphatic heterocycles. The number of alkyl carbamates (subject to hydrolysis) is 1. The SMILES string of the molecule is COc1cccc2c1C(=O)c1c(O)c3c(c(O)c1C2=O)C[C@@](O)(C(=O)CO)C[C@@H]3O[C@H]1C[C@@H](NC(=O)O[C@@H]2/C=C/CC[C@@]3(CCCN(C)CCNC3=O)CC2)C(O)C(C)O1. The van der Waals surface area contributed by atoms with Crippen molar-refractivity contribution >= 4 is 29.4 Å². The van der Waals surface area contributed by atoms with Crippen LogP contribution in [0.5, 0.6) is 17.2 Å². The standard InChI is InChI=1S/C43H53N3O14/c1-22-35(49)26(45-41(55)59-23-8-4-5-12-42(14-11-23)13-7-16-46(2)17-15-44-40(42)54)18-30(58-22)60-28-20-43(56,29(48)21-47)19-25-32(28)39(53)34-33(37(25)51)36(50)24-9-6-10-27(57-3)31(24)38(34)52/h4,6,8-10,22-23,26,28,30,35,47,49,51,53,56H,5,7,11-21H2,1-3H3,(H,44,54)(H,45,55)/b8-4+/t22?,23-,26-,28+,30+,35?,42-,43+/m1/s1. The van der Waals surface area contributed by atoms with Crippen LogP contribution >= 0.6 is 0 Å². The van der Waals surface area contributed by atoms with Gasteiger partial charge in [0.15, 0.2) is 17.9 Å². The van der Waals surface area contributed by atoms with E-state index >= 15 is 0 Å². The highest BCUT2D eigenvalue weighted by atomic mass is 16.7. The number of nitrogens with zero attached hydrogens (tertiary/aromatic N) is 1. The normalized spacial score (nSPS) is 31.5. The molecule has 2 amide bonds. The van der Waals surface area contributed by atoms with E-state index in [1.54, 1.807) is 6.08 Å². The molecule has 1 spiro atoms. The second kappa shape index (κ2) is 17.2. The lowest BCUT2D eigenvalue weighted by Crippen LogP contribution is -2.56. The van der Waals surface area contributed by atoms with Crippen LogP contribution in [0.3, 0.4) is 0 Å². The Morgan fingerprint density at radius 1 is 1.05 bits per heavy atom. The number of hydrogen-bond donors (Lipinski definition) is 7. The maximum Gasteiger partial charge on any atom is 0.408 e. The zero-order valence-corrected chi connectivity index (χ0v) is 33.9. The number of methoxy groups -OCH3 is 1. The van der Waals surface area contributed by atoms with Crippen molar-refractivity contribution in [2.75, 3.05) is 40.4 Å². The minimum absolute atomic E-state index is 0.00971. The second-order valence-corrected chi connectivity index (χ2v) is 16.6. The van der Waals surface area contributed by atoms with E-state index in [9.17, 15) is 49.5 Å². The van der Waals surface area contributed by atoms with Gasteiger partial charge in [-0.15, -0.1) is 0 Å². The summed E-state index contributed by atoms with van der Waals surface area (Å²) < 4.78 is 23.4. The molecule has 17 heteroatoms. The molecule has 8 atom stereocenters. The minimum atomic E-state index is -2.36. The number of amides is 2. The van der Waals surface area contributed by atoms with Crippen LogP contribution in [-0.4, -0.2) is 136 Å². The summed E-state index contributed by atoms with van der Waals surface area (Å²) in [6.45, 7) is 2.64. The van der Waals surface area contributed by atoms with E-state index < -0.39 is 113 Å². The Balaban J connectivity index is 1.11. The molecule has 0 bridgehead atoms. The number of phenols is 2. The molecular weight excluding hydrogens is 782 g/mol. The van der Waals surface area contributed by atoms with Gasteiger partial charge in [-0.25, -0.2) is 4.79 Å². The van der Waals surface area contributed by atoms with Crippen molar-refractivity contribution in [1.29, 1.82) is 0 Å². The first-order chi connectivity index (χ1) is 28.6. The maximum atomic E-state index is 14.0. The van der Waals surface area contributed by atoms with Gasteiger partial charge in [0, 0.05) is 54.5 Å². The molecule has 324 valence electrons. The van der Waals surface area contributed by atoms with E-state index in [0.717, 1.165) is 19.5 Å². The number of aromatic hydroxyl groups is 2. The molecule has 0 radical (unpaired) electrons. The molecule has 0 aromatic heterocycles. The van der Waals surface area contributed by atoms with Crippen molar-refractivity contribution in [1.82, 2.24) is 15.5 Å². The number of nitrogens with one attached hydrogen (secondary N) is 2. The first-order valence-electron chi connectivity index (χ1n) is 20.4. The van der Waals surface area contributed by atoms with Crippen molar-refractivity contribution in [2.45, 2.75) is 107 Å². The monoisotopic (exact) mass is 835 g/mol. The zero-order valence-electron chi connectivity index (χ0n) is 33.9. The number of allylic oxidation sites excluding steroid dienone is 1. The highest BCUT2D eigenvalue weighted by Crippen LogP contribution is 2.52. The molecule has 17 nitrogen and oxygen atoms in total. The fourth-order valence-corrected chi connectivity index (χ4v) is 9.46. The molecule has 2 heterocycles. The molecule has 2 unspecified atom stereocenters. The van der Waals surface area contributed by atoms with Crippen LogP contribution in [-0.2, 0) is 30.2 Å². The Bertz CT molecular complexity index is 2090. The van der Waals surface area contributed by atoms with Gasteiger partial charge in [0.25, 0.3) is 0 Å². The molecule has 7 N–H and O–H groups in total. The van der Waals surface area contributed by atoms with Gasteiger partial charge >= 0.3 is 6.09 Å². The van der Waals surface area contributed by atoms with Crippen LogP contribution in [0, 0.1) is 5.41 Å². The number of aliphatic hydroxyl groups excluding tert-OH is 2. The van der Waals surface area contributed by atoms with E-state index in [2.05, 4.69) is 15.5 Å². The highest BCUT2D eigenvalue weighted by Gasteiger charge is 2.50. The number of rotatable bonds is 7. The number of Topliss-reactive ketones (excluding diaryl/α,β-unsaturated/α-hetero) is 1. The van der Waals surface area contributed by atoms with Gasteiger partial charge in [0.2, 0.25) is 11.7 Å². The summed E-state index contributed by atoms with van der Waals surface area (Å²) in [5, 5.41) is 61.9. The van der Waals surface area contributed by atoms with Crippen molar-refractivity contribution in [3.05, 3.63) is 63.7 Å². The van der Waals surface area contributed by atoms with E-state index in [-0.39, 0.29) is 40.3 Å². The van der Waals surface area contributed by atoms with Crippen LogP contribution in [0.4, 0.5) is 4.79 Å². The number of phenolic OH excluding ortho intramolecular Hbond substituents is 2. The molecule has 5 aliphatic rings. The largest absolute Gasteiger partial charge is 0.507 e. The molecule has 2 aromatic rings. The quantitative estimate of drug-likeness (QED) is 0.133. The van der Waals surface area contributed by atoms with Gasteiger partial charge in [0.1, 0.15) is 41.7 Å². The third-order valence-electron chi connectivity index (χ3n) is 12.8. The lowest BCUT2D eigenvalue weighted by Gasteiger charge is -2.42. The minimum Gasteiger partial charge on any atom is -0.507 e. The smallest absolute Gasteiger partial charge is 0.408 e. The summed E-state index contributed by atoms with van der Waals surface area (Å²) in [5.41, 5.74) is -4.68. The number of fused-ring (bicyclic) bond motifs is 3. The fraction of sp³-hybridized carbons (Fsp3) is 0.558. The number of carbonyl (C=O) groups excluding carboxylic acids is 5. The number of aliphatic hydroxyl groups is 3. The summed E-state index contributed by atoms with van der Waals surface area (Å²) in [6.07, 6.45) is -0.391. The van der Waals surface area contributed by atoms with Gasteiger partial charge in [-0.3, -0.25) is 19.2 Å². The average Bonchev–Trinajstić information content (AvgIpc) is 3.27. The van der Waals surface area contributed by atoms with E-state index in [0.29, 0.717) is 38.6 Å². The van der Waals surface area contributed by atoms with Crippen LogP contribution < -0.4 is 15.4 Å². The molecule has 0 saturated carbocycles. The van der Waals surface area contributed by atoms with Crippen molar-refractivity contribution < 1.29 is 68.5 Å². The third-order valence-corrected chi connectivity index (χ3v) is 12.8. The van der Waals surface area contributed by atoms with Gasteiger partial charge in [-0.2, -0.15) is 0 Å². The number of likely N-dealkylation sites (N-methyl/N-ethyl adjacent to an activating group) is 1. The Hall–Kier alpha value is -4.91. The molecule has 2 saturated heterocycles. The van der Waals surface area contributed by atoms with Crippen LogP contribution in [0.2, 0.25) is 0 Å². The predicted molar refractivity (Wildman–Crippen MR) is 211 cm³/mol. The van der Waals surface area contributed by atoms with Gasteiger partial charge < -0.3 is 60.0 Å². The number of hydrogen-bond acceptors (Lipinski definition) is 15. The van der Waals surface area contributed by atoms with Crippen LogP contribution in [0.15, 0.2) is 30.4 Å². The van der Waals surface area contributed by atoms with E-state index in [1.165, 1.54) is 32.2 Å². The second-order valence-electron chi connectivity index (χ2n) is 16.6. The van der Waals surface area contributed by atoms with Gasteiger partial charge in [-0.05, 0) is 71.2 Å². The summed E-state index contributed by atoms with van der Waals surface area (Å²) >= 11 is 0. The molecule has 2 aromatic carbocycles. The van der Waals surface area contributed by atoms with Crippen LogP contribution in [0.25, 0.3) is 0 Å². The van der Waals surface area contributed by atoms with Gasteiger partial charge in [0.05, 0.1) is 42.0 Å². The highest BCUT2D eigenvalue weighted by molar-refractivity contribution is 6.31. The number of ether oxygens (including phenoxy) is 4. The summed E-state index contributed by atoms with van der Waals surface area (Å²) in [5.74, 6) is -4.08. The Kier molecular flexibility index (Phi) is 12.4. The van der Waals surface area contributed by atoms with Crippen molar-refractivity contribution in [3.8, 4) is 17.2 Å². The van der Waals surface area contributed by atoms with Crippen molar-refractivity contribution in [2.24, 2.45) is 5.41 Å². The first-order valence-corrected chi connectivity index (χ1v) is 20.4. The van der Waals surface area contributed by atoms with Crippen LogP contribution in [0.1, 0.15) is 107 Å². The van der Waals surface area contributed by atoms with Crippen molar-refractivity contribution in [3.63, 3.8) is 0 Å². The molecule has 3 aliphatic carbocycles. The topological polar surface area (TPSA) is 251 Å². The third kappa shape index (κ3) is 8.01. The van der Waals surface area contributed by atoms with E-state index in [4.69, 9.17) is 18.9 Å². The fourth-order valence-electron chi connectivity index (χ4n) is 9.46. The first kappa shape index (κ1) is 43.2. The number of carbonyl (C=O) groups is 5. The zero-order chi connectivity index (χ0) is 43.1. The lowest BCUT2D eigenvalue weighted by molar-refractivity contribution is -0.249. The number of benzene rings is 2. The Morgan fingerprint density at radius 3 is 2.57 bits per heavy atom. The Labute approximate surface area is 346 Å². The lowest BCUT2D eigenvalue weighted by atomic mass is 9.72. The molecule has 7 rings (SSSR count). The number of ketones is 3. The summed E-state index contributed by atoms with van der Waals surface area (Å²) in [6, 6.07) is 3.31. The summed E-state index contributed by atoms with van der Waals surface area (Å²) in [7, 11) is 3.34. The predicted octanol–water partition coefficient (Wildman–Crippen LogP) is 2.10. The Morgan fingerprint density at radius 2 is 1.82 bits per heavy atom.